The van der Waals surface area contributed by atoms with Gasteiger partial charge in [0.15, 0.2) is 0 Å². The molecule has 0 aromatic rings. The summed E-state index contributed by atoms with van der Waals surface area (Å²) in [6.07, 6.45) is 6.30. The molecule has 0 heterocycles. The molecule has 1 unspecified atom stereocenters. The molecular weight excluding hydrogens is 178 g/mol. The summed E-state index contributed by atoms with van der Waals surface area (Å²) < 4.78 is 0. The molecule has 0 aromatic heterocycles. The maximum absolute atomic E-state index is 10.7. The van der Waals surface area contributed by atoms with E-state index in [9.17, 15) is 4.79 Å². The second-order valence-corrected chi connectivity index (χ2v) is 4.26. The van der Waals surface area contributed by atoms with Gasteiger partial charge in [0.05, 0.1) is 6.42 Å². The predicted octanol–water partition coefficient (Wildman–Crippen LogP) is 2.11. The van der Waals surface area contributed by atoms with E-state index in [1.807, 2.05) is 0 Å². The first-order chi connectivity index (χ1) is 6.65. The number of carboxylic acids is 1. The van der Waals surface area contributed by atoms with Crippen molar-refractivity contribution in [1.29, 1.82) is 0 Å². The summed E-state index contributed by atoms with van der Waals surface area (Å²) in [7, 11) is 2.08. The van der Waals surface area contributed by atoms with E-state index in [2.05, 4.69) is 18.9 Å². The summed E-state index contributed by atoms with van der Waals surface area (Å²) >= 11 is 0. The number of aliphatic carboxylic acids is 1. The highest BCUT2D eigenvalue weighted by molar-refractivity contribution is 5.67. The molecule has 1 N–H and O–H groups in total. The maximum atomic E-state index is 10.7. The average molecular weight is 199 g/mol. The van der Waals surface area contributed by atoms with Gasteiger partial charge >= 0.3 is 5.97 Å². The van der Waals surface area contributed by atoms with Crippen molar-refractivity contribution in [2.24, 2.45) is 0 Å². The Hall–Kier alpha value is -0.570. The van der Waals surface area contributed by atoms with Gasteiger partial charge in [-0.05, 0) is 26.3 Å². The molecule has 1 atom stereocenters. The first-order valence-corrected chi connectivity index (χ1v) is 5.58. The molecule has 0 aliphatic heterocycles. The third-order valence-electron chi connectivity index (χ3n) is 3.36. The van der Waals surface area contributed by atoms with Crippen LogP contribution < -0.4 is 0 Å². The SMILES string of the molecule is CCC(CC(=O)O)N(C)C1CCCC1. The lowest BCUT2D eigenvalue weighted by molar-refractivity contribution is -0.138. The highest BCUT2D eigenvalue weighted by atomic mass is 16.4. The number of hydrogen-bond donors (Lipinski definition) is 1. The Kier molecular flexibility index (Phi) is 4.39. The molecular formula is C11H21NO2. The van der Waals surface area contributed by atoms with Crippen LogP contribution in [0.15, 0.2) is 0 Å². The first kappa shape index (κ1) is 11.5. The number of nitrogens with zero attached hydrogens (tertiary/aromatic N) is 1. The average Bonchev–Trinajstić information content (AvgIpc) is 2.65. The Morgan fingerprint density at radius 1 is 1.50 bits per heavy atom. The van der Waals surface area contributed by atoms with Crippen LogP contribution in [0.4, 0.5) is 0 Å². The van der Waals surface area contributed by atoms with Crippen molar-refractivity contribution in [3.63, 3.8) is 0 Å². The predicted molar refractivity (Wildman–Crippen MR) is 56.4 cm³/mol. The summed E-state index contributed by atoms with van der Waals surface area (Å²) in [6.45, 7) is 2.07. The smallest absolute Gasteiger partial charge is 0.304 e. The maximum Gasteiger partial charge on any atom is 0.304 e. The molecule has 3 heteroatoms. The third-order valence-corrected chi connectivity index (χ3v) is 3.36. The normalized spacial score (nSPS) is 20.2. The van der Waals surface area contributed by atoms with E-state index < -0.39 is 5.97 Å². The van der Waals surface area contributed by atoms with Gasteiger partial charge in [0.2, 0.25) is 0 Å². The molecule has 3 nitrogen and oxygen atoms in total. The number of carboxylic acid groups (broad SMARTS) is 1. The Labute approximate surface area is 86.1 Å². The highest BCUT2D eigenvalue weighted by Crippen LogP contribution is 2.25. The van der Waals surface area contributed by atoms with Gasteiger partial charge in [0, 0.05) is 12.1 Å². The zero-order chi connectivity index (χ0) is 10.6. The van der Waals surface area contributed by atoms with Crippen LogP contribution in [0.5, 0.6) is 0 Å². The molecule has 14 heavy (non-hydrogen) atoms. The minimum atomic E-state index is -0.679. The number of hydrogen-bond acceptors (Lipinski definition) is 2. The summed E-state index contributed by atoms with van der Waals surface area (Å²) in [5.74, 6) is -0.679. The van der Waals surface area contributed by atoms with Crippen molar-refractivity contribution in [2.75, 3.05) is 7.05 Å². The van der Waals surface area contributed by atoms with Gasteiger partial charge < -0.3 is 5.11 Å². The van der Waals surface area contributed by atoms with Crippen molar-refractivity contribution >= 4 is 5.97 Å². The monoisotopic (exact) mass is 199 g/mol. The Bertz CT molecular complexity index is 188. The number of carbonyl (C=O) groups is 1. The molecule has 1 aliphatic rings. The van der Waals surface area contributed by atoms with Gasteiger partial charge in [-0.15, -0.1) is 0 Å². The van der Waals surface area contributed by atoms with Gasteiger partial charge in [0.25, 0.3) is 0 Å². The lowest BCUT2D eigenvalue weighted by atomic mass is 10.1. The summed E-state index contributed by atoms with van der Waals surface area (Å²) in [5, 5.41) is 8.78. The van der Waals surface area contributed by atoms with E-state index in [-0.39, 0.29) is 12.5 Å². The summed E-state index contributed by atoms with van der Waals surface area (Å²) in [6, 6.07) is 0.842. The third kappa shape index (κ3) is 2.98. The second-order valence-electron chi connectivity index (χ2n) is 4.26. The van der Waals surface area contributed by atoms with Gasteiger partial charge in [-0.25, -0.2) is 0 Å². The van der Waals surface area contributed by atoms with Gasteiger partial charge in [-0.3, -0.25) is 9.69 Å². The Morgan fingerprint density at radius 2 is 2.07 bits per heavy atom. The minimum absolute atomic E-state index is 0.218. The fourth-order valence-corrected chi connectivity index (χ4v) is 2.39. The van der Waals surface area contributed by atoms with Crippen LogP contribution in [-0.2, 0) is 4.79 Å². The zero-order valence-electron chi connectivity index (χ0n) is 9.20. The largest absolute Gasteiger partial charge is 0.481 e. The van der Waals surface area contributed by atoms with Crippen molar-refractivity contribution in [3.8, 4) is 0 Å². The summed E-state index contributed by atoms with van der Waals surface area (Å²) in [5.41, 5.74) is 0. The standard InChI is InChI=1S/C11H21NO2/c1-3-9(8-11(13)14)12(2)10-6-4-5-7-10/h9-10H,3-8H2,1-2H3,(H,13,14). The van der Waals surface area contributed by atoms with E-state index in [0.29, 0.717) is 6.04 Å². The zero-order valence-corrected chi connectivity index (χ0v) is 9.20. The van der Waals surface area contributed by atoms with E-state index in [1.165, 1.54) is 25.7 Å². The van der Waals surface area contributed by atoms with Crippen LogP contribution in [0.1, 0.15) is 45.4 Å². The topological polar surface area (TPSA) is 40.5 Å². The lowest BCUT2D eigenvalue weighted by Gasteiger charge is -2.31. The van der Waals surface area contributed by atoms with E-state index in [1.54, 1.807) is 0 Å². The molecule has 1 saturated carbocycles. The van der Waals surface area contributed by atoms with E-state index >= 15 is 0 Å². The number of rotatable bonds is 5. The first-order valence-electron chi connectivity index (χ1n) is 5.58. The van der Waals surface area contributed by atoms with Crippen LogP contribution in [0.3, 0.4) is 0 Å². The second kappa shape index (κ2) is 5.35. The molecule has 0 amide bonds. The van der Waals surface area contributed by atoms with Crippen LogP contribution in [0.25, 0.3) is 0 Å². The molecule has 1 fully saturated rings. The molecule has 0 saturated heterocycles. The van der Waals surface area contributed by atoms with Gasteiger partial charge in [0.1, 0.15) is 0 Å². The fraction of sp³-hybridized carbons (Fsp3) is 0.909. The summed E-state index contributed by atoms with van der Waals surface area (Å²) in [4.78, 5) is 12.9. The highest BCUT2D eigenvalue weighted by Gasteiger charge is 2.25. The van der Waals surface area contributed by atoms with Crippen LogP contribution in [-0.4, -0.2) is 35.1 Å². The molecule has 1 rings (SSSR count). The van der Waals surface area contributed by atoms with E-state index in [4.69, 9.17) is 5.11 Å². The van der Waals surface area contributed by atoms with Crippen molar-refractivity contribution in [1.82, 2.24) is 4.90 Å². The van der Waals surface area contributed by atoms with E-state index in [0.717, 1.165) is 6.42 Å². The molecule has 0 bridgehead atoms. The molecule has 1 aliphatic carbocycles. The van der Waals surface area contributed by atoms with Crippen LogP contribution in [0, 0.1) is 0 Å². The minimum Gasteiger partial charge on any atom is -0.481 e. The van der Waals surface area contributed by atoms with Crippen molar-refractivity contribution < 1.29 is 9.90 Å². The molecule has 82 valence electrons. The van der Waals surface area contributed by atoms with Crippen LogP contribution in [0.2, 0.25) is 0 Å². The molecule has 0 spiro atoms. The van der Waals surface area contributed by atoms with Gasteiger partial charge in [-0.1, -0.05) is 19.8 Å². The van der Waals surface area contributed by atoms with Crippen molar-refractivity contribution in [2.45, 2.75) is 57.5 Å². The van der Waals surface area contributed by atoms with Crippen LogP contribution >= 0.6 is 0 Å². The lowest BCUT2D eigenvalue weighted by Crippen LogP contribution is -2.39. The Morgan fingerprint density at radius 3 is 2.50 bits per heavy atom. The Balaban J connectivity index is 2.45. The van der Waals surface area contributed by atoms with Gasteiger partial charge in [-0.2, -0.15) is 0 Å². The fourth-order valence-electron chi connectivity index (χ4n) is 2.39. The molecule has 0 radical (unpaired) electrons. The molecule has 0 aromatic carbocycles. The van der Waals surface area contributed by atoms with Crippen molar-refractivity contribution in [3.05, 3.63) is 0 Å². The quantitative estimate of drug-likeness (QED) is 0.737.